The maximum Gasteiger partial charge on any atom is 0.342 e. The Kier molecular flexibility index (Phi) is 18.5. The number of rotatable bonds is 11. The molecule has 6 aliphatic rings. The first-order chi connectivity index (χ1) is 52.7. The number of ketones is 1. The zero-order chi connectivity index (χ0) is 81.4. The molecule has 23 N–H and O–H groups in total. The third kappa shape index (κ3) is 12.6. The minimum absolute atomic E-state index is 0.192. The van der Waals surface area contributed by atoms with Gasteiger partial charge in [0, 0.05) is 28.8 Å². The van der Waals surface area contributed by atoms with Gasteiger partial charge in [0.1, 0.15) is 43.2 Å². The number of aliphatic hydroxyl groups is 4. The molecule has 44 heteroatoms. The first-order valence-electron chi connectivity index (χ1n) is 31.5. The van der Waals surface area contributed by atoms with Crippen LogP contribution in [0.25, 0.3) is 11.1 Å². The zero-order valence-corrected chi connectivity index (χ0v) is 55.1. The lowest BCUT2D eigenvalue weighted by Crippen LogP contribution is -2.63. The lowest BCUT2D eigenvalue weighted by Gasteiger charge is -2.44. The van der Waals surface area contributed by atoms with Crippen LogP contribution in [0, 0.1) is 0 Å². The molecular weight excluding hydrogens is 1520 g/mol. The van der Waals surface area contributed by atoms with Crippen LogP contribution >= 0.6 is 0 Å². The molecule has 5 heterocycles. The molecule has 0 amide bonds. The predicted octanol–water partition coefficient (Wildman–Crippen LogP) is -0.298. The number of cyclic esters (lactones) is 1. The average Bonchev–Trinajstić information content (AvgIpc) is 1.65. The summed E-state index contributed by atoms with van der Waals surface area (Å²) in [5.41, 5.74) is -12.3. The molecule has 0 spiro atoms. The van der Waals surface area contributed by atoms with Crippen molar-refractivity contribution in [2.75, 3.05) is 13.2 Å². The highest BCUT2D eigenvalue weighted by atomic mass is 16.8. The Morgan fingerprint density at radius 2 is 0.911 bits per heavy atom. The van der Waals surface area contributed by atoms with Crippen LogP contribution in [-0.2, 0) is 57.0 Å². The van der Waals surface area contributed by atoms with Crippen molar-refractivity contribution < 1.29 is 217 Å². The van der Waals surface area contributed by atoms with Crippen molar-refractivity contribution in [3.8, 4) is 138 Å². The van der Waals surface area contributed by atoms with E-state index in [9.17, 15) is 151 Å². The van der Waals surface area contributed by atoms with Gasteiger partial charge in [-0.25, -0.2) is 38.4 Å². The number of phenols is 19. The lowest BCUT2D eigenvalue weighted by atomic mass is 9.76. The van der Waals surface area contributed by atoms with E-state index in [1.54, 1.807) is 0 Å². The lowest BCUT2D eigenvalue weighted by molar-refractivity contribution is -0.286. The van der Waals surface area contributed by atoms with Gasteiger partial charge in [0.2, 0.25) is 53.2 Å². The maximum absolute atomic E-state index is 15.3. The number of esters is 8. The van der Waals surface area contributed by atoms with Crippen LogP contribution in [-0.4, -0.2) is 258 Å². The highest BCUT2D eigenvalue weighted by molar-refractivity contribution is 6.10. The fourth-order valence-corrected chi connectivity index (χ4v) is 12.6. The molecule has 2 fully saturated rings. The van der Waals surface area contributed by atoms with Crippen molar-refractivity contribution >= 4 is 53.5 Å². The van der Waals surface area contributed by atoms with E-state index in [1.807, 2.05) is 0 Å². The third-order valence-electron chi connectivity index (χ3n) is 18.1. The largest absolute Gasteiger partial charge is 0.504 e. The second-order valence-electron chi connectivity index (χ2n) is 25.0. The van der Waals surface area contributed by atoms with Gasteiger partial charge in [-0.1, -0.05) is 0 Å². The summed E-state index contributed by atoms with van der Waals surface area (Å²) in [6.45, 7) is -2.76. The predicted molar refractivity (Wildman–Crippen MR) is 341 cm³/mol. The van der Waals surface area contributed by atoms with Gasteiger partial charge in [-0.05, 0) is 54.6 Å². The van der Waals surface area contributed by atoms with Crippen molar-refractivity contribution in [3.63, 3.8) is 0 Å². The van der Waals surface area contributed by atoms with Gasteiger partial charge in [0.25, 0.3) is 5.79 Å². The van der Waals surface area contributed by atoms with Crippen molar-refractivity contribution in [2.24, 2.45) is 0 Å². The van der Waals surface area contributed by atoms with Gasteiger partial charge in [0.15, 0.2) is 122 Å². The molecule has 1 aliphatic carbocycles. The summed E-state index contributed by atoms with van der Waals surface area (Å²) in [5, 5.41) is 250. The van der Waals surface area contributed by atoms with Gasteiger partial charge in [-0.15, -0.1) is 0 Å². The zero-order valence-electron chi connectivity index (χ0n) is 55.1. The van der Waals surface area contributed by atoms with E-state index in [0.29, 0.717) is 42.5 Å². The Bertz CT molecular complexity index is 5260. The molecule has 586 valence electrons. The molecule has 0 saturated carbocycles. The van der Waals surface area contributed by atoms with E-state index in [0.717, 1.165) is 0 Å². The Hall–Kier alpha value is -14.7. The number of aromatic hydroxyl groups is 19. The standard InChI is InChI=1S/C68H50O44/c69-22-1-14(2-23(70)39(22)79)58(91)101-12-32-46(86)50(90)54(66(104-32)111-59(92)15-3-24(71)40(80)25(72)4-15)108-65(98)21-9-29(76)43(83)49(89)51(21)103-31-10-19-36(48(88)45(31)85)35-17(7-28(75)42(82)47(35)87)62(95)109-55-52-33(13-102-61(19)94)105-67(112-60(93)16-5-26(73)41(81)27(74)6-16)56(55)110-63(96)18-8-30(77)44(84)53-37(18)38-20(64(97)107-52)11-34(78)68(99,100)57(38)106-53/h1-11,32-33,38,46,50,52,54-57,66-67,69-77,79-90,99-100H,12-13H2/t32-,33-,38+,46-,50+,52-,54-,55+,56-,57+,66+,67+/m1/s1. The quantitative estimate of drug-likeness (QED) is 0.0342. The highest BCUT2D eigenvalue weighted by Crippen LogP contribution is 2.59. The number of phenolic OH excluding ortho intramolecular Hbond substituents is 19. The maximum atomic E-state index is 15.3. The Morgan fingerprint density at radius 3 is 1.49 bits per heavy atom. The first kappa shape index (κ1) is 75.5. The van der Waals surface area contributed by atoms with E-state index < -0.39 is 334 Å². The van der Waals surface area contributed by atoms with Crippen molar-refractivity contribution in [3.05, 3.63) is 117 Å². The smallest absolute Gasteiger partial charge is 0.342 e. The molecule has 13 rings (SSSR count). The van der Waals surface area contributed by atoms with Crippen molar-refractivity contribution in [2.45, 2.75) is 79.2 Å². The van der Waals surface area contributed by atoms with Gasteiger partial charge in [-0.3, -0.25) is 4.79 Å². The summed E-state index contributed by atoms with van der Waals surface area (Å²) in [5.74, 6) is -52.4. The summed E-state index contributed by atoms with van der Waals surface area (Å²) < 4.78 is 67.3. The van der Waals surface area contributed by atoms with E-state index in [1.165, 1.54) is 0 Å². The van der Waals surface area contributed by atoms with Crippen LogP contribution in [0.5, 0.6) is 126 Å². The Balaban J connectivity index is 0.902. The summed E-state index contributed by atoms with van der Waals surface area (Å²) in [7, 11) is 0. The van der Waals surface area contributed by atoms with Gasteiger partial charge in [-0.2, -0.15) is 0 Å². The van der Waals surface area contributed by atoms with E-state index in [-0.39, 0.29) is 24.3 Å². The van der Waals surface area contributed by atoms with Crippen molar-refractivity contribution in [1.82, 2.24) is 0 Å². The fourth-order valence-electron chi connectivity index (χ4n) is 12.6. The minimum Gasteiger partial charge on any atom is -0.504 e. The molecule has 0 radical (unpaired) electrons. The molecule has 7 aromatic carbocycles. The van der Waals surface area contributed by atoms with Gasteiger partial charge in [0.05, 0.1) is 44.9 Å². The van der Waals surface area contributed by atoms with Crippen LogP contribution in [0.3, 0.4) is 0 Å². The highest BCUT2D eigenvalue weighted by Gasteiger charge is 2.62. The molecule has 12 atom stereocenters. The molecule has 4 bridgehead atoms. The molecule has 7 aromatic rings. The van der Waals surface area contributed by atoms with Crippen molar-refractivity contribution in [1.29, 1.82) is 0 Å². The Morgan fingerprint density at radius 1 is 0.438 bits per heavy atom. The monoisotopic (exact) mass is 1570 g/mol. The van der Waals surface area contributed by atoms with E-state index in [2.05, 4.69) is 0 Å². The third-order valence-corrected chi connectivity index (χ3v) is 18.1. The molecule has 0 aromatic heterocycles. The fraction of sp³-hybridized carbons (Fsp3) is 0.221. The van der Waals surface area contributed by atoms with Crippen LogP contribution in [0.4, 0.5) is 0 Å². The van der Waals surface area contributed by atoms with Gasteiger partial charge >= 0.3 is 47.8 Å². The molecule has 0 unspecified atom stereocenters. The second kappa shape index (κ2) is 27.5. The molecule has 44 nitrogen and oxygen atoms in total. The molecular formula is C68H50O44. The molecule has 2 saturated heterocycles. The van der Waals surface area contributed by atoms with Gasteiger partial charge < -0.3 is 174 Å². The minimum atomic E-state index is -3.67. The summed E-state index contributed by atoms with van der Waals surface area (Å²) in [6.07, 6.45) is -28.0. The first-order valence-corrected chi connectivity index (χ1v) is 31.5. The van der Waals surface area contributed by atoms with Crippen LogP contribution < -0.4 is 9.47 Å². The van der Waals surface area contributed by atoms with Crippen LogP contribution in [0.2, 0.25) is 0 Å². The number of carbonyl (C=O) groups is 9. The number of ether oxygens (including phenoxy) is 12. The topological polar surface area (TPSA) is 730 Å². The number of hydrogen-bond donors (Lipinski definition) is 23. The molecule has 112 heavy (non-hydrogen) atoms. The number of fused-ring (bicyclic) bond motifs is 3. The molecule has 5 aliphatic heterocycles. The number of carbonyl (C=O) groups excluding carboxylic acids is 9. The van der Waals surface area contributed by atoms with E-state index >= 15 is 9.59 Å². The number of aliphatic hydroxyl groups excluding tert-OH is 2. The number of hydrogen-bond acceptors (Lipinski definition) is 44. The average molecular weight is 1570 g/mol. The summed E-state index contributed by atoms with van der Waals surface area (Å²) >= 11 is 0. The normalized spacial score (nSPS) is 23.4. The van der Waals surface area contributed by atoms with Crippen LogP contribution in [0.15, 0.2) is 72.3 Å². The summed E-state index contributed by atoms with van der Waals surface area (Å²) in [6, 6.07) is 4.28. The van der Waals surface area contributed by atoms with E-state index in [4.69, 9.17) is 56.8 Å². The SMILES string of the molecule is O=C1O[C@H]2[C@@H]3OC(=O)c4cc(O)c(O)c(O)c4-c4c(cc(Oc5c(C(=O)O[C@H]6[C@H](OC(=O)c7cc(O)c(O)c(O)c7)O[C@H](COC(=O)c7cc(O)c(O)c(O)c7)[C@@H](O)[C@@H]6O)cc(O)c(O)c5O)c(O)c4O)C(=O)OC[C@H]2O[C@@H](OC(=O)c2cc(O)c(O)c(O)c2)[C@@H]3OC(=O)c2cc(O)c(O)c3c2[C@@H]2C1=CC(=O)C(O)(O)[C@H]2O3. The Labute approximate surface area is 616 Å². The summed E-state index contributed by atoms with van der Waals surface area (Å²) in [4.78, 5) is 130. The number of benzene rings is 7. The van der Waals surface area contributed by atoms with Crippen LogP contribution in [0.1, 0.15) is 84.0 Å². The second-order valence-corrected chi connectivity index (χ2v) is 25.0.